The number of hydrogen-bond donors (Lipinski definition) is 2. The summed E-state index contributed by atoms with van der Waals surface area (Å²) in [5.41, 5.74) is 3.26. The maximum absolute atomic E-state index is 13.2. The Hall–Kier alpha value is -1.96. The lowest BCUT2D eigenvalue weighted by Gasteiger charge is -2.60. The minimum Gasteiger partial charge on any atom is -0.459 e. The maximum Gasteiger partial charge on any atom is 0.348 e. The second kappa shape index (κ2) is 7.02. The summed E-state index contributed by atoms with van der Waals surface area (Å²) >= 11 is 0. The molecule has 32 heavy (non-hydrogen) atoms. The van der Waals surface area contributed by atoms with Crippen LogP contribution in [0.4, 0.5) is 0 Å². The van der Waals surface area contributed by atoms with Gasteiger partial charge in [0.15, 0.2) is 5.79 Å². The third-order valence-electron chi connectivity index (χ3n) is 8.78. The summed E-state index contributed by atoms with van der Waals surface area (Å²) < 4.78 is 17.7. The molecule has 2 N–H and O–H groups in total. The maximum atomic E-state index is 13.2. The average Bonchev–Trinajstić information content (AvgIpc) is 3.04. The van der Waals surface area contributed by atoms with Crippen molar-refractivity contribution in [3.63, 3.8) is 0 Å². The molecule has 7 heteroatoms. The van der Waals surface area contributed by atoms with Gasteiger partial charge < -0.3 is 24.4 Å². The van der Waals surface area contributed by atoms with E-state index in [2.05, 4.69) is 0 Å². The van der Waals surface area contributed by atoms with Gasteiger partial charge in [0.2, 0.25) is 6.10 Å². The van der Waals surface area contributed by atoms with Crippen molar-refractivity contribution in [1.82, 2.24) is 0 Å². The number of aryl methyl sites for hydroxylation is 2. The summed E-state index contributed by atoms with van der Waals surface area (Å²) in [6, 6.07) is 4.04. The molecule has 1 spiro atoms. The molecule has 2 bridgehead atoms. The van der Waals surface area contributed by atoms with E-state index in [0.717, 1.165) is 22.3 Å². The van der Waals surface area contributed by atoms with Crippen LogP contribution in [0.15, 0.2) is 12.1 Å². The molecule has 2 saturated heterocycles. The Balaban J connectivity index is 1.70. The fraction of sp³-hybridized carbons (Fsp3) is 0.680. The van der Waals surface area contributed by atoms with E-state index < -0.39 is 59.2 Å². The Kier molecular flexibility index (Phi) is 4.79. The topological polar surface area (TPSA) is 102 Å². The van der Waals surface area contributed by atoms with Crippen molar-refractivity contribution in [2.75, 3.05) is 6.61 Å². The van der Waals surface area contributed by atoms with Crippen molar-refractivity contribution in [2.45, 2.75) is 77.5 Å². The van der Waals surface area contributed by atoms with Crippen molar-refractivity contribution in [2.24, 2.45) is 23.2 Å². The Morgan fingerprint density at radius 3 is 2.69 bits per heavy atom. The fourth-order valence-electron chi connectivity index (χ4n) is 6.90. The Morgan fingerprint density at radius 1 is 1.31 bits per heavy atom. The van der Waals surface area contributed by atoms with Gasteiger partial charge in [-0.2, -0.15) is 0 Å². The van der Waals surface area contributed by atoms with Gasteiger partial charge in [-0.05, 0) is 48.4 Å². The largest absolute Gasteiger partial charge is 0.459 e. The quantitative estimate of drug-likeness (QED) is 0.689. The van der Waals surface area contributed by atoms with E-state index >= 15 is 0 Å². The standard InChI is InChI=1S/C25H32O7/c1-6-11(2)22(27)32-19-18-14(5)21(26)25(29)20-17-13(4)8-7-12(3)15(17)9-16(31-23(19)28)24(18,20)10-30-25/h7-8,11,14,16,18-21,26,29H,6,9-10H2,1-5H3/t11-,14-,16-,18-,19-,20-,21-,24+,25+/m1/s1. The molecule has 1 saturated carbocycles. The Labute approximate surface area is 188 Å². The van der Waals surface area contributed by atoms with Crippen LogP contribution in [-0.4, -0.2) is 52.9 Å². The summed E-state index contributed by atoms with van der Waals surface area (Å²) in [4.78, 5) is 25.9. The molecule has 0 amide bonds. The highest BCUT2D eigenvalue weighted by atomic mass is 16.7. The number of benzene rings is 1. The molecule has 2 heterocycles. The van der Waals surface area contributed by atoms with Crippen molar-refractivity contribution in [3.05, 3.63) is 34.4 Å². The van der Waals surface area contributed by atoms with Crippen LogP contribution in [0.2, 0.25) is 0 Å². The van der Waals surface area contributed by atoms with Crippen LogP contribution in [0, 0.1) is 37.0 Å². The Bertz CT molecular complexity index is 989. The molecule has 0 radical (unpaired) electrons. The van der Waals surface area contributed by atoms with E-state index in [1.807, 2.05) is 32.9 Å². The molecular formula is C25H32O7. The molecule has 1 aromatic carbocycles. The first-order valence-corrected chi connectivity index (χ1v) is 11.6. The number of ether oxygens (including phenoxy) is 3. The van der Waals surface area contributed by atoms with Crippen molar-refractivity contribution in [1.29, 1.82) is 0 Å². The van der Waals surface area contributed by atoms with E-state index in [0.29, 0.717) is 12.8 Å². The predicted molar refractivity (Wildman–Crippen MR) is 114 cm³/mol. The SMILES string of the molecule is CC[C@@H](C)C(=O)O[C@H]1C(=O)O[C@@H]2Cc3c(C)ccc(C)c3[C@H]3[C@]4(O)OC[C@@]23[C@@H]1[C@@H](C)[C@H]4O. The molecule has 9 atom stereocenters. The number of hydrogen-bond acceptors (Lipinski definition) is 7. The summed E-state index contributed by atoms with van der Waals surface area (Å²) in [7, 11) is 0. The van der Waals surface area contributed by atoms with Gasteiger partial charge in [0.1, 0.15) is 12.2 Å². The van der Waals surface area contributed by atoms with Gasteiger partial charge in [-0.25, -0.2) is 4.79 Å². The number of carbonyl (C=O) groups is 2. The number of esters is 2. The summed E-state index contributed by atoms with van der Waals surface area (Å²) in [6.45, 7) is 9.57. The summed E-state index contributed by atoms with van der Waals surface area (Å²) in [5, 5.41) is 23.0. The molecule has 3 fully saturated rings. The summed E-state index contributed by atoms with van der Waals surface area (Å²) in [6.07, 6.45) is -1.81. The number of fused-ring (bicyclic) bond motifs is 1. The first-order chi connectivity index (χ1) is 15.1. The average molecular weight is 445 g/mol. The molecule has 0 unspecified atom stereocenters. The highest BCUT2D eigenvalue weighted by Gasteiger charge is 2.78. The normalized spacial score (nSPS) is 42.5. The van der Waals surface area contributed by atoms with Crippen LogP contribution in [-0.2, 0) is 30.2 Å². The monoisotopic (exact) mass is 444 g/mol. The highest BCUT2D eigenvalue weighted by Crippen LogP contribution is 2.69. The van der Waals surface area contributed by atoms with Gasteiger partial charge in [-0.15, -0.1) is 0 Å². The van der Waals surface area contributed by atoms with Gasteiger partial charge in [0, 0.05) is 12.3 Å². The zero-order chi connectivity index (χ0) is 23.2. The van der Waals surface area contributed by atoms with Crippen LogP contribution >= 0.6 is 0 Å². The molecule has 174 valence electrons. The third-order valence-corrected chi connectivity index (χ3v) is 8.78. The van der Waals surface area contributed by atoms with Gasteiger partial charge in [0.05, 0.1) is 23.9 Å². The van der Waals surface area contributed by atoms with Crippen molar-refractivity contribution < 1.29 is 34.0 Å². The lowest BCUT2D eigenvalue weighted by molar-refractivity contribution is -0.282. The van der Waals surface area contributed by atoms with E-state index in [1.54, 1.807) is 13.8 Å². The first kappa shape index (κ1) is 21.9. The molecule has 4 aliphatic rings. The predicted octanol–water partition coefficient (Wildman–Crippen LogP) is 2.16. The van der Waals surface area contributed by atoms with Crippen LogP contribution < -0.4 is 0 Å². The number of carbonyl (C=O) groups excluding carboxylic acids is 2. The van der Waals surface area contributed by atoms with Crippen LogP contribution in [0.5, 0.6) is 0 Å². The molecule has 5 rings (SSSR count). The molecule has 0 aromatic heterocycles. The van der Waals surface area contributed by atoms with Crippen LogP contribution in [0.25, 0.3) is 0 Å². The van der Waals surface area contributed by atoms with E-state index in [4.69, 9.17) is 14.2 Å². The summed E-state index contributed by atoms with van der Waals surface area (Å²) in [5.74, 6) is -4.83. The highest BCUT2D eigenvalue weighted by molar-refractivity contribution is 5.82. The second-order valence-corrected chi connectivity index (χ2v) is 10.3. The third kappa shape index (κ3) is 2.53. The van der Waals surface area contributed by atoms with E-state index in [1.165, 1.54) is 0 Å². The van der Waals surface area contributed by atoms with Crippen LogP contribution in [0.3, 0.4) is 0 Å². The van der Waals surface area contributed by atoms with Crippen molar-refractivity contribution in [3.8, 4) is 0 Å². The van der Waals surface area contributed by atoms with Gasteiger partial charge in [0.25, 0.3) is 0 Å². The number of rotatable bonds is 3. The van der Waals surface area contributed by atoms with Crippen molar-refractivity contribution >= 4 is 11.9 Å². The molecule has 7 nitrogen and oxygen atoms in total. The van der Waals surface area contributed by atoms with Gasteiger partial charge in [-0.1, -0.05) is 32.9 Å². The smallest absolute Gasteiger partial charge is 0.348 e. The lowest BCUT2D eigenvalue weighted by atomic mass is 9.46. The van der Waals surface area contributed by atoms with Crippen LogP contribution in [0.1, 0.15) is 55.4 Å². The first-order valence-electron chi connectivity index (χ1n) is 11.6. The zero-order valence-electron chi connectivity index (χ0n) is 19.3. The molecule has 1 aromatic rings. The van der Waals surface area contributed by atoms with Gasteiger partial charge in [-0.3, -0.25) is 4.79 Å². The number of aliphatic hydroxyl groups excluding tert-OH is 1. The minimum absolute atomic E-state index is 0.127. The molecule has 2 aliphatic heterocycles. The fourth-order valence-corrected chi connectivity index (χ4v) is 6.90. The lowest BCUT2D eigenvalue weighted by Crippen LogP contribution is -2.71. The molecular weight excluding hydrogens is 412 g/mol. The number of aliphatic hydroxyl groups is 2. The second-order valence-electron chi connectivity index (χ2n) is 10.3. The van der Waals surface area contributed by atoms with E-state index in [9.17, 15) is 19.8 Å². The van der Waals surface area contributed by atoms with Gasteiger partial charge >= 0.3 is 11.9 Å². The van der Waals surface area contributed by atoms with E-state index in [-0.39, 0.29) is 12.5 Å². The Morgan fingerprint density at radius 2 is 2.00 bits per heavy atom. The minimum atomic E-state index is -1.79. The molecule has 2 aliphatic carbocycles. The zero-order valence-corrected chi connectivity index (χ0v) is 19.3.